The minimum atomic E-state index is -0.177. The van der Waals surface area contributed by atoms with Crippen LogP contribution in [0.25, 0.3) is 5.65 Å². The van der Waals surface area contributed by atoms with Crippen molar-refractivity contribution in [1.82, 2.24) is 25.2 Å². The molecule has 0 unspecified atom stereocenters. The van der Waals surface area contributed by atoms with Crippen LogP contribution in [0, 0.1) is 5.92 Å². The molecule has 2 N–H and O–H groups in total. The van der Waals surface area contributed by atoms with Gasteiger partial charge in [0.1, 0.15) is 5.02 Å². The van der Waals surface area contributed by atoms with Crippen LogP contribution in [-0.2, 0) is 11.2 Å². The van der Waals surface area contributed by atoms with Gasteiger partial charge in [0.25, 0.3) is 0 Å². The average molecular weight is 338 g/mol. The quantitative estimate of drug-likeness (QED) is 0.805. The van der Waals surface area contributed by atoms with Gasteiger partial charge in [-0.2, -0.15) is 5.10 Å². The highest BCUT2D eigenvalue weighted by Gasteiger charge is 2.31. The SMILES string of the molecule is CO[C@@H](CNC(=O)NCCc1cnc2c(Cl)cnn2c1)C1CC1. The summed E-state index contributed by atoms with van der Waals surface area (Å²) in [5.41, 5.74) is 1.61. The van der Waals surface area contributed by atoms with Crippen molar-refractivity contribution in [1.29, 1.82) is 0 Å². The molecule has 0 radical (unpaired) electrons. The maximum atomic E-state index is 11.8. The van der Waals surface area contributed by atoms with E-state index in [0.717, 1.165) is 5.56 Å². The van der Waals surface area contributed by atoms with Crippen molar-refractivity contribution in [2.75, 3.05) is 20.2 Å². The van der Waals surface area contributed by atoms with Crippen molar-refractivity contribution in [3.8, 4) is 0 Å². The number of urea groups is 1. The number of nitrogens with zero attached hydrogens (tertiary/aromatic N) is 3. The number of hydrogen-bond acceptors (Lipinski definition) is 4. The van der Waals surface area contributed by atoms with Crippen LogP contribution in [0.5, 0.6) is 0 Å². The van der Waals surface area contributed by atoms with Gasteiger partial charge >= 0.3 is 6.03 Å². The van der Waals surface area contributed by atoms with Crippen molar-refractivity contribution in [2.24, 2.45) is 5.92 Å². The Morgan fingerprint density at radius 1 is 1.48 bits per heavy atom. The first kappa shape index (κ1) is 16.0. The van der Waals surface area contributed by atoms with Gasteiger partial charge in [0.2, 0.25) is 0 Å². The fourth-order valence-electron chi connectivity index (χ4n) is 2.50. The molecule has 0 aromatic carbocycles. The summed E-state index contributed by atoms with van der Waals surface area (Å²) in [6.45, 7) is 1.07. The second kappa shape index (κ2) is 7.14. The number of aromatic nitrogens is 3. The lowest BCUT2D eigenvalue weighted by Gasteiger charge is -2.15. The average Bonchev–Trinajstić information content (AvgIpc) is 3.32. The molecule has 1 aliphatic carbocycles. The second-order valence-electron chi connectivity index (χ2n) is 5.72. The van der Waals surface area contributed by atoms with E-state index in [2.05, 4.69) is 20.7 Å². The summed E-state index contributed by atoms with van der Waals surface area (Å²) in [4.78, 5) is 16.0. The Bertz CT molecular complexity index is 686. The predicted molar refractivity (Wildman–Crippen MR) is 86.6 cm³/mol. The van der Waals surface area contributed by atoms with Gasteiger partial charge in [-0.1, -0.05) is 11.6 Å². The highest BCUT2D eigenvalue weighted by atomic mass is 35.5. The van der Waals surface area contributed by atoms with Crippen LogP contribution in [0.15, 0.2) is 18.6 Å². The van der Waals surface area contributed by atoms with Crippen molar-refractivity contribution in [3.63, 3.8) is 0 Å². The molecule has 124 valence electrons. The van der Waals surface area contributed by atoms with Crippen molar-refractivity contribution < 1.29 is 9.53 Å². The Hall–Kier alpha value is -1.86. The number of amides is 2. The fraction of sp³-hybridized carbons (Fsp3) is 0.533. The smallest absolute Gasteiger partial charge is 0.314 e. The van der Waals surface area contributed by atoms with Gasteiger partial charge in [-0.25, -0.2) is 14.3 Å². The Balaban J connectivity index is 1.41. The van der Waals surface area contributed by atoms with Crippen LogP contribution < -0.4 is 10.6 Å². The van der Waals surface area contributed by atoms with E-state index in [1.54, 1.807) is 24.0 Å². The van der Waals surface area contributed by atoms with Gasteiger partial charge in [-0.15, -0.1) is 0 Å². The first-order valence-electron chi connectivity index (χ1n) is 7.69. The number of methoxy groups -OCH3 is 1. The lowest BCUT2D eigenvalue weighted by Crippen LogP contribution is -2.41. The number of hydrogen-bond donors (Lipinski definition) is 2. The number of halogens is 1. The number of fused-ring (bicyclic) bond motifs is 1. The molecule has 0 saturated heterocycles. The fourth-order valence-corrected chi connectivity index (χ4v) is 2.68. The predicted octanol–water partition coefficient (Wildman–Crippen LogP) is 1.65. The summed E-state index contributed by atoms with van der Waals surface area (Å²) in [5, 5.41) is 10.3. The number of carbonyl (C=O) groups is 1. The molecule has 2 aromatic heterocycles. The van der Waals surface area contributed by atoms with Crippen LogP contribution in [-0.4, -0.2) is 46.9 Å². The van der Waals surface area contributed by atoms with E-state index < -0.39 is 0 Å². The summed E-state index contributed by atoms with van der Waals surface area (Å²) in [5.74, 6) is 0.596. The lowest BCUT2D eigenvalue weighted by atomic mass is 10.2. The molecule has 1 aliphatic rings. The van der Waals surface area contributed by atoms with E-state index in [9.17, 15) is 4.79 Å². The molecule has 23 heavy (non-hydrogen) atoms. The molecule has 1 atom stereocenters. The molecule has 1 saturated carbocycles. The third-order valence-corrected chi connectivity index (χ3v) is 4.25. The maximum absolute atomic E-state index is 11.8. The van der Waals surface area contributed by atoms with Crippen molar-refractivity contribution in [2.45, 2.75) is 25.4 Å². The molecular formula is C15H20ClN5O2. The standard InChI is InChI=1S/C15H20ClN5O2/c1-23-13(11-2-3-11)8-19-15(22)17-5-4-10-6-18-14-12(16)7-20-21(14)9-10/h6-7,9,11,13H,2-5,8H2,1H3,(H2,17,19,22)/t13-/m0/s1. The Morgan fingerprint density at radius 3 is 3.04 bits per heavy atom. The minimum absolute atomic E-state index is 0.122. The van der Waals surface area contributed by atoms with Gasteiger partial charge in [-0.05, 0) is 30.7 Å². The third kappa shape index (κ3) is 4.11. The Labute approximate surface area is 139 Å². The van der Waals surface area contributed by atoms with Crippen LogP contribution in [0.2, 0.25) is 5.02 Å². The molecule has 7 nitrogen and oxygen atoms in total. The number of ether oxygens (including phenoxy) is 1. The zero-order valence-electron chi connectivity index (χ0n) is 13.0. The van der Waals surface area contributed by atoms with E-state index in [0.29, 0.717) is 36.1 Å². The molecule has 8 heteroatoms. The minimum Gasteiger partial charge on any atom is -0.379 e. The topological polar surface area (TPSA) is 80.5 Å². The normalized spacial score (nSPS) is 15.6. The van der Waals surface area contributed by atoms with Gasteiger partial charge in [-0.3, -0.25) is 0 Å². The van der Waals surface area contributed by atoms with E-state index in [-0.39, 0.29) is 12.1 Å². The molecule has 0 bridgehead atoms. The summed E-state index contributed by atoms with van der Waals surface area (Å²) in [6, 6.07) is -0.177. The number of carbonyl (C=O) groups excluding carboxylic acids is 1. The lowest BCUT2D eigenvalue weighted by molar-refractivity contribution is 0.0856. The van der Waals surface area contributed by atoms with Crippen molar-refractivity contribution >= 4 is 23.3 Å². The molecule has 3 rings (SSSR count). The molecule has 2 amide bonds. The summed E-state index contributed by atoms with van der Waals surface area (Å²) >= 11 is 5.95. The van der Waals surface area contributed by atoms with Gasteiger partial charge < -0.3 is 15.4 Å². The third-order valence-electron chi connectivity index (χ3n) is 3.98. The van der Waals surface area contributed by atoms with E-state index in [1.165, 1.54) is 12.8 Å². The Kier molecular flexibility index (Phi) is 4.97. The van der Waals surface area contributed by atoms with Crippen LogP contribution in [0.1, 0.15) is 18.4 Å². The first-order chi connectivity index (χ1) is 11.2. The highest BCUT2D eigenvalue weighted by molar-refractivity contribution is 6.33. The summed E-state index contributed by atoms with van der Waals surface area (Å²) < 4.78 is 7.01. The van der Waals surface area contributed by atoms with Gasteiger partial charge in [0, 0.05) is 32.6 Å². The second-order valence-corrected chi connectivity index (χ2v) is 6.13. The van der Waals surface area contributed by atoms with Crippen LogP contribution in [0.4, 0.5) is 4.79 Å². The van der Waals surface area contributed by atoms with Gasteiger partial charge in [0.15, 0.2) is 5.65 Å². The molecular weight excluding hydrogens is 318 g/mol. The monoisotopic (exact) mass is 337 g/mol. The first-order valence-corrected chi connectivity index (χ1v) is 8.07. The molecule has 0 spiro atoms. The molecule has 2 aromatic rings. The van der Waals surface area contributed by atoms with Crippen molar-refractivity contribution in [3.05, 3.63) is 29.2 Å². The highest BCUT2D eigenvalue weighted by Crippen LogP contribution is 2.33. The summed E-state index contributed by atoms with van der Waals surface area (Å²) in [7, 11) is 1.69. The largest absolute Gasteiger partial charge is 0.379 e. The van der Waals surface area contributed by atoms with Gasteiger partial charge in [0.05, 0.1) is 12.3 Å². The molecule has 1 fully saturated rings. The molecule has 0 aliphatic heterocycles. The number of nitrogens with one attached hydrogen (secondary N) is 2. The van der Waals surface area contributed by atoms with E-state index >= 15 is 0 Å². The molecule has 2 heterocycles. The Morgan fingerprint density at radius 2 is 2.30 bits per heavy atom. The van der Waals surface area contributed by atoms with E-state index in [1.807, 2.05) is 6.20 Å². The van der Waals surface area contributed by atoms with E-state index in [4.69, 9.17) is 16.3 Å². The number of rotatable bonds is 7. The zero-order valence-corrected chi connectivity index (χ0v) is 13.7. The van der Waals surface area contributed by atoms with Crippen LogP contribution >= 0.6 is 11.6 Å². The maximum Gasteiger partial charge on any atom is 0.314 e. The van der Waals surface area contributed by atoms with Crippen LogP contribution in [0.3, 0.4) is 0 Å². The summed E-state index contributed by atoms with van der Waals surface area (Å²) in [6.07, 6.45) is 8.34. The zero-order chi connectivity index (χ0) is 16.2.